The Morgan fingerprint density at radius 1 is 1.64 bits per heavy atom. The molecule has 22 heavy (non-hydrogen) atoms. The van der Waals surface area contributed by atoms with Gasteiger partial charge in [0.2, 0.25) is 0 Å². The molecular weight excluding hydrogens is 294 g/mol. The summed E-state index contributed by atoms with van der Waals surface area (Å²) in [6, 6.07) is 0. The Balaban J connectivity index is 2.25. The number of aromatic nitrogens is 2. The normalized spacial score (nSPS) is 24.4. The van der Waals surface area contributed by atoms with Gasteiger partial charge in [0.25, 0.3) is 0 Å². The van der Waals surface area contributed by atoms with E-state index in [9.17, 15) is 14.7 Å². The van der Waals surface area contributed by atoms with E-state index in [0.717, 1.165) is 4.57 Å². The lowest BCUT2D eigenvalue weighted by Crippen LogP contribution is -2.29. The maximum Gasteiger partial charge on any atom is 0.351 e. The van der Waals surface area contributed by atoms with Gasteiger partial charge in [-0.3, -0.25) is 9.36 Å². The average Bonchev–Trinajstić information content (AvgIpc) is 2.83. The van der Waals surface area contributed by atoms with Gasteiger partial charge in [0.15, 0.2) is 0 Å². The maximum atomic E-state index is 11.9. The topological polar surface area (TPSA) is 137 Å². The molecule has 9 nitrogen and oxygen atoms in total. The minimum absolute atomic E-state index is 0.0495. The molecule has 0 aromatic carbocycles. The Labute approximate surface area is 126 Å². The van der Waals surface area contributed by atoms with E-state index >= 15 is 0 Å². The highest BCUT2D eigenvalue weighted by atomic mass is 16.5. The van der Waals surface area contributed by atoms with Crippen molar-refractivity contribution in [1.29, 1.82) is 0 Å². The molecule has 9 heteroatoms. The van der Waals surface area contributed by atoms with Crippen LogP contribution in [0, 0.1) is 0 Å². The monoisotopic (exact) mass is 313 g/mol. The van der Waals surface area contributed by atoms with E-state index in [1.807, 2.05) is 0 Å². The van der Waals surface area contributed by atoms with E-state index in [-0.39, 0.29) is 31.9 Å². The lowest BCUT2D eigenvalue weighted by molar-refractivity contribution is -0.142. The smallest absolute Gasteiger partial charge is 0.351 e. The second-order valence-corrected chi connectivity index (χ2v) is 4.94. The predicted molar refractivity (Wildman–Crippen MR) is 74.9 cm³/mol. The van der Waals surface area contributed by atoms with Crippen LogP contribution in [0.15, 0.2) is 11.0 Å². The summed E-state index contributed by atoms with van der Waals surface area (Å²) >= 11 is 0. The van der Waals surface area contributed by atoms with Crippen molar-refractivity contribution in [2.45, 2.75) is 38.2 Å². The first-order valence-electron chi connectivity index (χ1n) is 6.93. The van der Waals surface area contributed by atoms with Crippen molar-refractivity contribution in [2.75, 3.05) is 18.9 Å². The van der Waals surface area contributed by atoms with Crippen molar-refractivity contribution < 1.29 is 24.5 Å². The molecule has 3 atom stereocenters. The van der Waals surface area contributed by atoms with Crippen molar-refractivity contribution in [3.8, 4) is 0 Å². The van der Waals surface area contributed by atoms with Crippen molar-refractivity contribution in [3.63, 3.8) is 0 Å². The van der Waals surface area contributed by atoms with Gasteiger partial charge in [0.1, 0.15) is 18.1 Å². The van der Waals surface area contributed by atoms with Crippen molar-refractivity contribution in [1.82, 2.24) is 9.55 Å². The van der Waals surface area contributed by atoms with Crippen LogP contribution >= 0.6 is 0 Å². The van der Waals surface area contributed by atoms with Gasteiger partial charge in [-0.05, 0) is 6.92 Å². The minimum atomic E-state index is -0.882. The van der Waals surface area contributed by atoms with Gasteiger partial charge in [0.05, 0.1) is 25.7 Å². The van der Waals surface area contributed by atoms with Crippen molar-refractivity contribution in [3.05, 3.63) is 22.2 Å². The third-order valence-electron chi connectivity index (χ3n) is 3.40. The van der Waals surface area contributed by atoms with Gasteiger partial charge < -0.3 is 25.4 Å². The number of hydrogen-bond acceptors (Lipinski definition) is 8. The van der Waals surface area contributed by atoms with Gasteiger partial charge in [-0.15, -0.1) is 0 Å². The average molecular weight is 313 g/mol. The second-order valence-electron chi connectivity index (χ2n) is 4.94. The maximum absolute atomic E-state index is 11.9. The Bertz CT molecular complexity index is 602. The van der Waals surface area contributed by atoms with E-state index in [1.165, 1.54) is 6.20 Å². The first-order chi connectivity index (χ1) is 10.5. The summed E-state index contributed by atoms with van der Waals surface area (Å²) in [5, 5.41) is 18.8. The fraction of sp³-hybridized carbons (Fsp3) is 0.615. The first kappa shape index (κ1) is 16.4. The number of esters is 1. The Morgan fingerprint density at radius 2 is 2.36 bits per heavy atom. The zero-order valence-electron chi connectivity index (χ0n) is 12.1. The molecule has 0 spiro atoms. The van der Waals surface area contributed by atoms with Crippen LogP contribution in [-0.4, -0.2) is 51.2 Å². The van der Waals surface area contributed by atoms with Gasteiger partial charge in [-0.2, -0.15) is 4.98 Å². The summed E-state index contributed by atoms with van der Waals surface area (Å²) in [6.07, 6.45) is -1.02. The fourth-order valence-corrected chi connectivity index (χ4v) is 2.28. The molecule has 2 rings (SSSR count). The Hall–Kier alpha value is -1.97. The molecule has 1 aromatic heterocycles. The summed E-state index contributed by atoms with van der Waals surface area (Å²) < 4.78 is 11.4. The highest BCUT2D eigenvalue weighted by Gasteiger charge is 2.35. The lowest BCUT2D eigenvalue weighted by atomic mass is 10.2. The summed E-state index contributed by atoms with van der Waals surface area (Å²) in [7, 11) is 0. The number of aliphatic hydroxyl groups is 2. The van der Waals surface area contributed by atoms with Gasteiger partial charge in [0, 0.05) is 18.2 Å². The number of nitrogens with zero attached hydrogens (tertiary/aromatic N) is 2. The van der Waals surface area contributed by atoms with Gasteiger partial charge in [-0.25, -0.2) is 4.79 Å². The number of nitrogens with two attached hydrogens (primary N) is 1. The van der Waals surface area contributed by atoms with Crippen LogP contribution in [0.25, 0.3) is 0 Å². The highest BCUT2D eigenvalue weighted by molar-refractivity contribution is 5.74. The first-order valence-corrected chi connectivity index (χ1v) is 6.93. The van der Waals surface area contributed by atoms with E-state index in [0.29, 0.717) is 5.56 Å². The Kier molecular flexibility index (Phi) is 5.11. The third-order valence-corrected chi connectivity index (χ3v) is 3.40. The van der Waals surface area contributed by atoms with Crippen LogP contribution in [0.1, 0.15) is 25.1 Å². The number of aliphatic hydroxyl groups excluding tert-OH is 2. The fourth-order valence-electron chi connectivity index (χ4n) is 2.28. The molecule has 1 aliphatic rings. The van der Waals surface area contributed by atoms with Crippen LogP contribution in [0.2, 0.25) is 0 Å². The van der Waals surface area contributed by atoms with Crippen LogP contribution < -0.4 is 11.4 Å². The molecule has 4 N–H and O–H groups in total. The molecular formula is C13H19N3O6. The third kappa shape index (κ3) is 3.43. The quantitative estimate of drug-likeness (QED) is 0.563. The molecule has 0 amide bonds. The van der Waals surface area contributed by atoms with Crippen LogP contribution in [0.4, 0.5) is 5.82 Å². The van der Waals surface area contributed by atoms with E-state index in [2.05, 4.69) is 4.98 Å². The second kappa shape index (κ2) is 6.86. The molecule has 1 aliphatic heterocycles. The van der Waals surface area contributed by atoms with Gasteiger partial charge in [-0.1, -0.05) is 0 Å². The van der Waals surface area contributed by atoms with E-state index in [4.69, 9.17) is 20.3 Å². The lowest BCUT2D eigenvalue weighted by Gasteiger charge is -2.16. The molecule has 0 radical (unpaired) electrons. The number of carbonyl (C=O) groups excluding carboxylic acids is 1. The van der Waals surface area contributed by atoms with Crippen LogP contribution in [-0.2, 0) is 20.7 Å². The van der Waals surface area contributed by atoms with Crippen molar-refractivity contribution >= 4 is 11.8 Å². The summed E-state index contributed by atoms with van der Waals surface area (Å²) in [4.78, 5) is 27.1. The van der Waals surface area contributed by atoms with Crippen LogP contribution in [0.3, 0.4) is 0 Å². The molecule has 1 aromatic rings. The molecule has 122 valence electrons. The minimum Gasteiger partial charge on any atom is -0.466 e. The molecule has 0 saturated carbocycles. The van der Waals surface area contributed by atoms with E-state index in [1.54, 1.807) is 6.92 Å². The molecule has 1 saturated heterocycles. The Morgan fingerprint density at radius 3 is 2.95 bits per heavy atom. The molecule has 0 unspecified atom stereocenters. The zero-order chi connectivity index (χ0) is 16.3. The molecule has 2 heterocycles. The van der Waals surface area contributed by atoms with E-state index < -0.39 is 30.1 Å². The standard InChI is InChI=1S/C13H19N3O6/c1-2-21-11(19)3-7-5-16(13(20)15-12(7)14)10-4-8(18)9(6-17)22-10/h5,8-10,17-18H,2-4,6H2,1H3,(H2,14,15,20)/t8-,9+,10+/m1/s1. The number of nitrogen functional groups attached to an aromatic ring is 1. The number of hydrogen-bond donors (Lipinski definition) is 3. The number of rotatable bonds is 5. The van der Waals surface area contributed by atoms with Gasteiger partial charge >= 0.3 is 11.7 Å². The van der Waals surface area contributed by atoms with Crippen molar-refractivity contribution in [2.24, 2.45) is 0 Å². The van der Waals surface area contributed by atoms with Crippen LogP contribution in [0.5, 0.6) is 0 Å². The zero-order valence-corrected chi connectivity index (χ0v) is 12.1. The number of carbonyl (C=O) groups is 1. The SMILES string of the molecule is CCOC(=O)Cc1cn([C@@H]2C[C@@H](O)[C@H](CO)O2)c(=O)nc1N. The largest absolute Gasteiger partial charge is 0.466 e. The number of ether oxygens (including phenoxy) is 2. The number of anilines is 1. The highest BCUT2D eigenvalue weighted by Crippen LogP contribution is 2.27. The summed E-state index contributed by atoms with van der Waals surface area (Å²) in [5.74, 6) is -0.534. The molecule has 0 aliphatic carbocycles. The molecule has 0 bridgehead atoms. The summed E-state index contributed by atoms with van der Waals surface area (Å²) in [6.45, 7) is 1.57. The predicted octanol–water partition coefficient (Wildman–Crippen LogP) is -1.43. The summed E-state index contributed by atoms with van der Waals surface area (Å²) in [5.41, 5.74) is 5.34. The molecule has 1 fully saturated rings.